The quantitative estimate of drug-likeness (QED) is 0.755. The maximum atomic E-state index is 11.6. The summed E-state index contributed by atoms with van der Waals surface area (Å²) in [5.41, 5.74) is 5.83. The molecule has 0 bridgehead atoms. The molecule has 1 aliphatic carbocycles. The third-order valence-electron chi connectivity index (χ3n) is 3.32. The molecule has 0 unspecified atom stereocenters. The normalized spacial score (nSPS) is 25.8. The van der Waals surface area contributed by atoms with Gasteiger partial charge in [-0.3, -0.25) is 4.79 Å². The van der Waals surface area contributed by atoms with Gasteiger partial charge in [0.25, 0.3) is 0 Å². The van der Waals surface area contributed by atoms with E-state index in [1.165, 1.54) is 0 Å². The highest BCUT2D eigenvalue weighted by atomic mass is 16.1. The average molecular weight is 226 g/mol. The first kappa shape index (κ1) is 13.5. The molecule has 1 fully saturated rings. The standard InChI is InChI=1S/C13H26N2O/c1-10(2)4-3-5-13(16)15-12-8-6-11(14)7-9-12/h10-12H,3-9,14H2,1-2H3,(H,15,16). The van der Waals surface area contributed by atoms with Crippen molar-refractivity contribution in [3.63, 3.8) is 0 Å². The lowest BCUT2D eigenvalue weighted by molar-refractivity contribution is -0.122. The molecule has 1 amide bonds. The van der Waals surface area contributed by atoms with Gasteiger partial charge < -0.3 is 11.1 Å². The summed E-state index contributed by atoms with van der Waals surface area (Å²) < 4.78 is 0. The monoisotopic (exact) mass is 226 g/mol. The Hall–Kier alpha value is -0.570. The average Bonchev–Trinajstić information content (AvgIpc) is 2.21. The summed E-state index contributed by atoms with van der Waals surface area (Å²) in [6, 6.07) is 0.737. The van der Waals surface area contributed by atoms with Crippen LogP contribution in [-0.2, 0) is 4.79 Å². The molecule has 3 heteroatoms. The number of carbonyl (C=O) groups is 1. The van der Waals surface area contributed by atoms with Crippen molar-refractivity contribution in [1.82, 2.24) is 5.32 Å². The molecule has 0 atom stereocenters. The lowest BCUT2D eigenvalue weighted by Crippen LogP contribution is -2.40. The number of nitrogens with two attached hydrogens (primary N) is 1. The van der Waals surface area contributed by atoms with E-state index in [1.807, 2.05) is 0 Å². The first-order valence-electron chi connectivity index (χ1n) is 6.63. The fourth-order valence-electron chi connectivity index (χ4n) is 2.23. The minimum atomic E-state index is 0.223. The van der Waals surface area contributed by atoms with Gasteiger partial charge in [-0.25, -0.2) is 0 Å². The lowest BCUT2D eigenvalue weighted by atomic mass is 9.91. The highest BCUT2D eigenvalue weighted by Crippen LogP contribution is 2.17. The van der Waals surface area contributed by atoms with Gasteiger partial charge in [0.2, 0.25) is 5.91 Å². The Bertz CT molecular complexity index is 208. The van der Waals surface area contributed by atoms with Crippen molar-refractivity contribution in [2.45, 2.75) is 70.9 Å². The molecule has 0 heterocycles. The van der Waals surface area contributed by atoms with E-state index in [9.17, 15) is 4.79 Å². The van der Waals surface area contributed by atoms with Crippen LogP contribution < -0.4 is 11.1 Å². The second-order valence-corrected chi connectivity index (χ2v) is 5.47. The number of hydrogen-bond acceptors (Lipinski definition) is 2. The molecule has 3 N–H and O–H groups in total. The van der Waals surface area contributed by atoms with Crippen molar-refractivity contribution in [1.29, 1.82) is 0 Å². The van der Waals surface area contributed by atoms with Crippen molar-refractivity contribution in [2.24, 2.45) is 11.7 Å². The van der Waals surface area contributed by atoms with Crippen LogP contribution in [0.15, 0.2) is 0 Å². The van der Waals surface area contributed by atoms with Crippen molar-refractivity contribution in [3.8, 4) is 0 Å². The zero-order chi connectivity index (χ0) is 12.0. The smallest absolute Gasteiger partial charge is 0.220 e. The maximum Gasteiger partial charge on any atom is 0.220 e. The zero-order valence-corrected chi connectivity index (χ0v) is 10.7. The molecular formula is C13H26N2O. The predicted octanol–water partition coefficient (Wildman–Crippen LogP) is 2.20. The summed E-state index contributed by atoms with van der Waals surface area (Å²) in [5, 5.41) is 3.12. The third kappa shape index (κ3) is 5.50. The Kier molecular flexibility index (Phi) is 5.81. The summed E-state index contributed by atoms with van der Waals surface area (Å²) in [7, 11) is 0. The van der Waals surface area contributed by atoms with Crippen LogP contribution >= 0.6 is 0 Å². The first-order chi connectivity index (χ1) is 7.58. The summed E-state index contributed by atoms with van der Waals surface area (Å²) in [6.45, 7) is 4.39. The maximum absolute atomic E-state index is 11.6. The molecule has 0 aliphatic heterocycles. The van der Waals surface area contributed by atoms with Crippen LogP contribution in [-0.4, -0.2) is 18.0 Å². The number of nitrogens with one attached hydrogen (secondary N) is 1. The lowest BCUT2D eigenvalue weighted by Gasteiger charge is -2.26. The molecule has 0 saturated heterocycles. The molecule has 0 aromatic heterocycles. The minimum absolute atomic E-state index is 0.223. The number of rotatable bonds is 5. The minimum Gasteiger partial charge on any atom is -0.353 e. The fourth-order valence-corrected chi connectivity index (χ4v) is 2.23. The molecule has 16 heavy (non-hydrogen) atoms. The van der Waals surface area contributed by atoms with Crippen molar-refractivity contribution < 1.29 is 4.79 Å². The number of carbonyl (C=O) groups excluding carboxylic acids is 1. The molecule has 3 nitrogen and oxygen atoms in total. The Morgan fingerprint density at radius 1 is 1.31 bits per heavy atom. The predicted molar refractivity (Wildman–Crippen MR) is 67.1 cm³/mol. The van der Waals surface area contributed by atoms with Gasteiger partial charge in [0, 0.05) is 18.5 Å². The van der Waals surface area contributed by atoms with Crippen LogP contribution in [0.4, 0.5) is 0 Å². The van der Waals surface area contributed by atoms with Crippen LogP contribution in [0.5, 0.6) is 0 Å². The molecule has 0 aromatic rings. The van der Waals surface area contributed by atoms with Crippen LogP contribution in [0, 0.1) is 5.92 Å². The largest absolute Gasteiger partial charge is 0.353 e. The van der Waals surface area contributed by atoms with E-state index in [-0.39, 0.29) is 5.91 Å². The van der Waals surface area contributed by atoms with Gasteiger partial charge in [0.1, 0.15) is 0 Å². The number of hydrogen-bond donors (Lipinski definition) is 2. The molecule has 94 valence electrons. The van der Waals surface area contributed by atoms with Crippen molar-refractivity contribution in [2.75, 3.05) is 0 Å². The summed E-state index contributed by atoms with van der Waals surface area (Å²) in [4.78, 5) is 11.6. The van der Waals surface area contributed by atoms with Gasteiger partial charge in [-0.05, 0) is 38.0 Å². The summed E-state index contributed by atoms with van der Waals surface area (Å²) in [5.74, 6) is 0.918. The van der Waals surface area contributed by atoms with Gasteiger partial charge in [0.15, 0.2) is 0 Å². The molecule has 1 rings (SSSR count). The molecule has 1 saturated carbocycles. The van der Waals surface area contributed by atoms with E-state index in [4.69, 9.17) is 5.73 Å². The van der Waals surface area contributed by atoms with Crippen LogP contribution in [0.25, 0.3) is 0 Å². The zero-order valence-electron chi connectivity index (χ0n) is 10.7. The molecule has 0 aromatic carbocycles. The van der Waals surface area contributed by atoms with E-state index in [0.29, 0.717) is 24.4 Å². The van der Waals surface area contributed by atoms with Crippen molar-refractivity contribution >= 4 is 5.91 Å². The molecular weight excluding hydrogens is 200 g/mol. The summed E-state index contributed by atoms with van der Waals surface area (Å²) >= 11 is 0. The Morgan fingerprint density at radius 3 is 2.50 bits per heavy atom. The third-order valence-corrected chi connectivity index (χ3v) is 3.32. The second kappa shape index (κ2) is 6.89. The number of amides is 1. The van der Waals surface area contributed by atoms with Crippen LogP contribution in [0.2, 0.25) is 0 Å². The van der Waals surface area contributed by atoms with Crippen molar-refractivity contribution in [3.05, 3.63) is 0 Å². The van der Waals surface area contributed by atoms with E-state index in [0.717, 1.165) is 38.5 Å². The molecule has 0 radical (unpaired) electrons. The topological polar surface area (TPSA) is 55.1 Å². The van der Waals surface area contributed by atoms with E-state index in [2.05, 4.69) is 19.2 Å². The Balaban J connectivity index is 2.09. The van der Waals surface area contributed by atoms with Crippen LogP contribution in [0.1, 0.15) is 58.8 Å². The molecule has 0 spiro atoms. The SMILES string of the molecule is CC(C)CCCC(=O)NC1CCC(N)CC1. The summed E-state index contributed by atoms with van der Waals surface area (Å²) in [6.07, 6.45) is 7.04. The fraction of sp³-hybridized carbons (Fsp3) is 0.923. The van der Waals surface area contributed by atoms with E-state index < -0.39 is 0 Å². The van der Waals surface area contributed by atoms with Gasteiger partial charge in [-0.2, -0.15) is 0 Å². The van der Waals surface area contributed by atoms with Gasteiger partial charge in [0.05, 0.1) is 0 Å². The second-order valence-electron chi connectivity index (χ2n) is 5.47. The van der Waals surface area contributed by atoms with Crippen LogP contribution in [0.3, 0.4) is 0 Å². The van der Waals surface area contributed by atoms with Gasteiger partial charge in [-0.15, -0.1) is 0 Å². The highest BCUT2D eigenvalue weighted by molar-refractivity contribution is 5.76. The van der Waals surface area contributed by atoms with E-state index in [1.54, 1.807) is 0 Å². The molecule has 1 aliphatic rings. The Morgan fingerprint density at radius 2 is 1.94 bits per heavy atom. The highest BCUT2D eigenvalue weighted by Gasteiger charge is 2.19. The Labute approximate surface area is 99.2 Å². The van der Waals surface area contributed by atoms with E-state index >= 15 is 0 Å². The van der Waals surface area contributed by atoms with Gasteiger partial charge >= 0.3 is 0 Å². The first-order valence-corrected chi connectivity index (χ1v) is 6.63. The van der Waals surface area contributed by atoms with Gasteiger partial charge in [-0.1, -0.05) is 20.3 Å².